The van der Waals surface area contributed by atoms with Gasteiger partial charge in [0.2, 0.25) is 0 Å². The van der Waals surface area contributed by atoms with Gasteiger partial charge in [-0.25, -0.2) is 9.79 Å². The van der Waals surface area contributed by atoms with E-state index < -0.39 is 23.3 Å². The molecule has 1 fully saturated rings. The summed E-state index contributed by atoms with van der Waals surface area (Å²) in [5.74, 6) is 0.214. The first-order valence-corrected chi connectivity index (χ1v) is 9.93. The molecule has 0 aliphatic carbocycles. The van der Waals surface area contributed by atoms with Crippen LogP contribution in [0.5, 0.6) is 0 Å². The predicted molar refractivity (Wildman–Crippen MR) is 108 cm³/mol. The second-order valence-corrected chi connectivity index (χ2v) is 7.25. The Morgan fingerprint density at radius 2 is 1.97 bits per heavy atom. The maximum Gasteiger partial charge on any atom is 0.416 e. The topological polar surface area (TPSA) is 85.8 Å². The highest BCUT2D eigenvalue weighted by atomic mass is 19.4. The summed E-state index contributed by atoms with van der Waals surface area (Å²) in [6.07, 6.45) is -3.37. The molecule has 1 saturated heterocycles. The molecule has 1 aromatic carbocycles. The van der Waals surface area contributed by atoms with Gasteiger partial charge in [0.15, 0.2) is 5.96 Å². The number of carbonyl (C=O) groups excluding carboxylic acids is 2. The lowest BCUT2D eigenvalue weighted by Crippen LogP contribution is -2.43. The fraction of sp³-hybridized carbons (Fsp3) is 0.550. The first-order valence-electron chi connectivity index (χ1n) is 9.93. The van der Waals surface area contributed by atoms with E-state index in [4.69, 9.17) is 0 Å². The van der Waals surface area contributed by atoms with Crippen LogP contribution in [0.3, 0.4) is 0 Å². The van der Waals surface area contributed by atoms with Crippen molar-refractivity contribution in [3.05, 3.63) is 35.4 Å². The molecular weight excluding hydrogens is 399 g/mol. The highest BCUT2D eigenvalue weighted by Gasteiger charge is 2.45. The van der Waals surface area contributed by atoms with Crippen LogP contribution in [0.1, 0.15) is 44.7 Å². The number of aliphatic imine (C=N–C) groups is 1. The number of rotatable bonds is 8. The van der Waals surface area contributed by atoms with Crippen LogP contribution in [0.15, 0.2) is 29.3 Å². The molecule has 0 spiro atoms. The van der Waals surface area contributed by atoms with Gasteiger partial charge in [-0.05, 0) is 44.4 Å². The molecule has 2 rings (SSSR count). The molecule has 0 aromatic heterocycles. The summed E-state index contributed by atoms with van der Waals surface area (Å²) >= 11 is 0. The van der Waals surface area contributed by atoms with Gasteiger partial charge in [0.1, 0.15) is 5.54 Å². The van der Waals surface area contributed by atoms with Gasteiger partial charge in [0, 0.05) is 19.6 Å². The van der Waals surface area contributed by atoms with E-state index in [0.29, 0.717) is 37.5 Å². The zero-order valence-corrected chi connectivity index (χ0v) is 17.4. The Balaban J connectivity index is 1.89. The van der Waals surface area contributed by atoms with Crippen molar-refractivity contribution in [2.75, 3.05) is 19.6 Å². The summed E-state index contributed by atoms with van der Waals surface area (Å²) in [6.45, 7) is 6.79. The van der Waals surface area contributed by atoms with Gasteiger partial charge in [-0.15, -0.1) is 0 Å². The molecule has 10 heteroatoms. The molecule has 0 saturated carbocycles. The summed E-state index contributed by atoms with van der Waals surface area (Å²) in [5, 5.41) is 8.80. The Morgan fingerprint density at radius 1 is 1.23 bits per heavy atom. The van der Waals surface area contributed by atoms with E-state index in [0.717, 1.165) is 12.1 Å². The maximum absolute atomic E-state index is 12.8. The number of imide groups is 1. The van der Waals surface area contributed by atoms with Crippen molar-refractivity contribution < 1.29 is 22.8 Å². The summed E-state index contributed by atoms with van der Waals surface area (Å²) in [7, 11) is 0. The number of hydrogen-bond acceptors (Lipinski definition) is 3. The number of nitrogens with one attached hydrogen (secondary N) is 3. The van der Waals surface area contributed by atoms with Crippen molar-refractivity contribution in [3.63, 3.8) is 0 Å². The minimum absolute atomic E-state index is 0.0844. The lowest BCUT2D eigenvalue weighted by Gasteiger charge is -2.19. The van der Waals surface area contributed by atoms with Gasteiger partial charge >= 0.3 is 12.2 Å². The van der Waals surface area contributed by atoms with E-state index in [1.54, 1.807) is 13.0 Å². The van der Waals surface area contributed by atoms with Crippen molar-refractivity contribution in [2.24, 2.45) is 4.99 Å². The van der Waals surface area contributed by atoms with E-state index in [1.165, 1.54) is 11.0 Å². The molecule has 1 aliphatic heterocycles. The molecule has 0 radical (unpaired) electrons. The molecule has 166 valence electrons. The Labute approximate surface area is 174 Å². The predicted octanol–water partition coefficient (Wildman–Crippen LogP) is 2.87. The monoisotopic (exact) mass is 427 g/mol. The summed E-state index contributed by atoms with van der Waals surface area (Å²) in [5.41, 5.74) is -1.12. The van der Waals surface area contributed by atoms with Crippen molar-refractivity contribution in [1.82, 2.24) is 20.9 Å². The maximum atomic E-state index is 12.8. The number of urea groups is 1. The lowest BCUT2D eigenvalue weighted by atomic mass is 9.99. The van der Waals surface area contributed by atoms with Gasteiger partial charge in [-0.1, -0.05) is 19.1 Å². The molecule has 1 heterocycles. The third-order valence-corrected chi connectivity index (χ3v) is 4.92. The zero-order valence-electron chi connectivity index (χ0n) is 17.4. The number of halogens is 3. The zero-order chi connectivity index (χ0) is 22.4. The van der Waals surface area contributed by atoms with E-state index >= 15 is 0 Å². The molecule has 30 heavy (non-hydrogen) atoms. The average Bonchev–Trinajstić information content (AvgIpc) is 2.92. The minimum atomic E-state index is -4.39. The van der Waals surface area contributed by atoms with Crippen molar-refractivity contribution >= 4 is 17.9 Å². The molecule has 7 nitrogen and oxygen atoms in total. The summed E-state index contributed by atoms with van der Waals surface area (Å²) < 4.78 is 38.5. The van der Waals surface area contributed by atoms with Gasteiger partial charge in [-0.3, -0.25) is 9.69 Å². The molecule has 1 unspecified atom stereocenters. The largest absolute Gasteiger partial charge is 0.416 e. The molecule has 1 atom stereocenters. The highest BCUT2D eigenvalue weighted by Crippen LogP contribution is 2.29. The van der Waals surface area contributed by atoms with Gasteiger partial charge < -0.3 is 16.0 Å². The minimum Gasteiger partial charge on any atom is -0.357 e. The standard InChI is InChI=1S/C20H28F3N5O2/c1-4-19(3)16(29)28(18(30)27-19)11-7-10-25-17(24-5-2)26-13-14-8-6-9-15(12-14)20(21,22)23/h6,8-9,12H,4-5,7,10-11,13H2,1-3H3,(H,27,30)(H2,24,25,26). The van der Waals surface area contributed by atoms with Crippen LogP contribution >= 0.6 is 0 Å². The van der Waals surface area contributed by atoms with Crippen molar-refractivity contribution in [2.45, 2.75) is 51.9 Å². The summed E-state index contributed by atoms with van der Waals surface area (Å²) in [6, 6.07) is 4.65. The second kappa shape index (κ2) is 9.82. The van der Waals surface area contributed by atoms with E-state index in [9.17, 15) is 22.8 Å². The molecule has 1 aromatic rings. The molecule has 0 bridgehead atoms. The molecular formula is C20H28F3N5O2. The van der Waals surface area contributed by atoms with Crippen LogP contribution in [0.25, 0.3) is 0 Å². The van der Waals surface area contributed by atoms with Crippen LogP contribution in [-0.2, 0) is 17.5 Å². The number of carbonyl (C=O) groups is 2. The van der Waals surface area contributed by atoms with Crippen molar-refractivity contribution in [1.29, 1.82) is 0 Å². The number of amides is 3. The third-order valence-electron chi connectivity index (χ3n) is 4.92. The summed E-state index contributed by atoms with van der Waals surface area (Å²) in [4.78, 5) is 29.9. The number of hydrogen-bond donors (Lipinski definition) is 3. The Kier molecular flexibility index (Phi) is 7.69. The number of alkyl halides is 3. The third kappa shape index (κ3) is 5.87. The number of benzene rings is 1. The molecule has 3 amide bonds. The Hall–Kier alpha value is -2.78. The van der Waals surface area contributed by atoms with Gasteiger partial charge in [0.25, 0.3) is 5.91 Å². The van der Waals surface area contributed by atoms with Gasteiger partial charge in [-0.2, -0.15) is 13.2 Å². The lowest BCUT2D eigenvalue weighted by molar-refractivity contribution is -0.137. The number of guanidine groups is 1. The fourth-order valence-corrected chi connectivity index (χ4v) is 2.99. The second-order valence-electron chi connectivity index (χ2n) is 7.25. The molecule has 3 N–H and O–H groups in total. The Bertz CT molecular complexity index is 797. The van der Waals surface area contributed by atoms with Gasteiger partial charge in [0.05, 0.1) is 12.1 Å². The normalized spacial score (nSPS) is 19.8. The fourth-order valence-electron chi connectivity index (χ4n) is 2.99. The van der Waals surface area contributed by atoms with Crippen LogP contribution < -0.4 is 16.0 Å². The van der Waals surface area contributed by atoms with Crippen LogP contribution in [0, 0.1) is 0 Å². The van der Waals surface area contributed by atoms with E-state index in [2.05, 4.69) is 20.9 Å². The molecule has 1 aliphatic rings. The van der Waals surface area contributed by atoms with Crippen LogP contribution in [-0.4, -0.2) is 48.0 Å². The SMILES string of the molecule is CCNC(=NCc1cccc(C(F)(F)F)c1)NCCCN1C(=O)NC(C)(CC)C1=O. The average molecular weight is 427 g/mol. The first kappa shape index (κ1) is 23.5. The number of nitrogens with zero attached hydrogens (tertiary/aromatic N) is 2. The van der Waals surface area contributed by atoms with E-state index in [1.807, 2.05) is 13.8 Å². The van der Waals surface area contributed by atoms with Crippen LogP contribution in [0.4, 0.5) is 18.0 Å². The smallest absolute Gasteiger partial charge is 0.357 e. The quantitative estimate of drug-likeness (QED) is 0.258. The van der Waals surface area contributed by atoms with Crippen LogP contribution in [0.2, 0.25) is 0 Å². The first-order chi connectivity index (χ1) is 14.1. The van der Waals surface area contributed by atoms with Crippen molar-refractivity contribution in [3.8, 4) is 0 Å². The van der Waals surface area contributed by atoms with E-state index in [-0.39, 0.29) is 19.0 Å². The Morgan fingerprint density at radius 3 is 2.57 bits per heavy atom. The highest BCUT2D eigenvalue weighted by molar-refractivity contribution is 6.06.